The first-order valence-corrected chi connectivity index (χ1v) is 5.44. The van der Waals surface area contributed by atoms with Crippen LogP contribution in [0.4, 0.5) is 13.2 Å². The van der Waals surface area contributed by atoms with E-state index in [0.29, 0.717) is 0 Å². The summed E-state index contributed by atoms with van der Waals surface area (Å²) in [5.74, 6) is -6.38. The van der Waals surface area contributed by atoms with Crippen LogP contribution in [0.15, 0.2) is 0 Å². The van der Waals surface area contributed by atoms with Crippen molar-refractivity contribution in [1.82, 2.24) is 4.90 Å². The predicted molar refractivity (Wildman–Crippen MR) is 61.2 cm³/mol. The maximum atomic E-state index is 12.7. The second kappa shape index (κ2) is 6.42. The van der Waals surface area contributed by atoms with E-state index in [1.807, 2.05) is 0 Å². The molecule has 9 heteroatoms. The van der Waals surface area contributed by atoms with Gasteiger partial charge in [-0.2, -0.15) is 13.2 Å². The molecule has 1 rings (SSSR count). The van der Waals surface area contributed by atoms with Crippen LogP contribution in [0.2, 0.25) is 0 Å². The summed E-state index contributed by atoms with van der Waals surface area (Å²) in [6, 6.07) is -1.07. The number of carboxylic acid groups (broad SMARTS) is 2. The van der Waals surface area contributed by atoms with E-state index in [9.17, 15) is 22.8 Å². The molecule has 1 saturated heterocycles. The molecule has 0 radical (unpaired) electrons. The Labute approximate surface area is 113 Å². The van der Waals surface area contributed by atoms with Gasteiger partial charge in [-0.05, 0) is 6.42 Å². The molecule has 1 aliphatic heterocycles. The van der Waals surface area contributed by atoms with Gasteiger partial charge >= 0.3 is 18.1 Å². The third kappa shape index (κ3) is 3.97. The van der Waals surface area contributed by atoms with Gasteiger partial charge in [0, 0.05) is 13.1 Å². The lowest BCUT2D eigenvalue weighted by Crippen LogP contribution is -2.40. The standard InChI is InChI=1S/C10H14F3NO4.ClH/c1-2-7(9(17)18)14-3-5(8(15)16)6(4-14)10(11,12)13;/h5-7H,2-4H2,1H3,(H,15,16)(H,17,18);1H/t5-,6-,7?;/m1./s1. The van der Waals surface area contributed by atoms with Gasteiger partial charge < -0.3 is 10.2 Å². The van der Waals surface area contributed by atoms with Crippen LogP contribution in [0, 0.1) is 11.8 Å². The zero-order chi connectivity index (χ0) is 14.1. The van der Waals surface area contributed by atoms with E-state index in [1.54, 1.807) is 0 Å². The topological polar surface area (TPSA) is 77.8 Å². The van der Waals surface area contributed by atoms with Crippen molar-refractivity contribution in [2.24, 2.45) is 11.8 Å². The van der Waals surface area contributed by atoms with E-state index in [1.165, 1.54) is 6.92 Å². The number of rotatable bonds is 4. The van der Waals surface area contributed by atoms with Crippen molar-refractivity contribution in [2.75, 3.05) is 13.1 Å². The SMILES string of the molecule is CCC(C(=O)O)N1C[C@@H](C(F)(F)F)[C@H](C(=O)O)C1.Cl. The van der Waals surface area contributed by atoms with Crippen LogP contribution in [0.1, 0.15) is 13.3 Å². The lowest BCUT2D eigenvalue weighted by molar-refractivity contribution is -0.188. The molecule has 0 amide bonds. The second-order valence-electron chi connectivity index (χ2n) is 4.31. The molecule has 1 unspecified atom stereocenters. The molecule has 2 N–H and O–H groups in total. The van der Waals surface area contributed by atoms with Gasteiger partial charge in [-0.3, -0.25) is 14.5 Å². The number of likely N-dealkylation sites (tertiary alicyclic amines) is 1. The zero-order valence-corrected chi connectivity index (χ0v) is 10.9. The van der Waals surface area contributed by atoms with Crippen LogP contribution in [0.25, 0.3) is 0 Å². The molecule has 1 heterocycles. The number of alkyl halides is 3. The Morgan fingerprint density at radius 1 is 1.32 bits per heavy atom. The number of halogens is 4. The molecule has 19 heavy (non-hydrogen) atoms. The second-order valence-corrected chi connectivity index (χ2v) is 4.31. The maximum Gasteiger partial charge on any atom is 0.393 e. The highest BCUT2D eigenvalue weighted by molar-refractivity contribution is 5.85. The summed E-state index contributed by atoms with van der Waals surface area (Å²) in [5, 5.41) is 17.7. The van der Waals surface area contributed by atoms with Crippen LogP contribution < -0.4 is 0 Å². The first-order chi connectivity index (χ1) is 8.18. The Kier molecular flexibility index (Phi) is 6.08. The Hall–Kier alpha value is -1.02. The summed E-state index contributed by atoms with van der Waals surface area (Å²) < 4.78 is 38.0. The average molecular weight is 306 g/mol. The summed E-state index contributed by atoms with van der Waals surface area (Å²) in [5.41, 5.74) is 0. The summed E-state index contributed by atoms with van der Waals surface area (Å²) in [6.45, 7) is 0.574. The summed E-state index contributed by atoms with van der Waals surface area (Å²) in [4.78, 5) is 22.8. The Bertz CT molecular complexity index is 350. The lowest BCUT2D eigenvalue weighted by Gasteiger charge is -2.23. The zero-order valence-electron chi connectivity index (χ0n) is 10.1. The van der Waals surface area contributed by atoms with Crippen LogP contribution in [-0.2, 0) is 9.59 Å². The van der Waals surface area contributed by atoms with E-state index in [2.05, 4.69) is 0 Å². The van der Waals surface area contributed by atoms with Gasteiger partial charge in [-0.25, -0.2) is 0 Å². The van der Waals surface area contributed by atoms with Gasteiger partial charge in [-0.1, -0.05) is 6.92 Å². The minimum absolute atomic E-state index is 0. The van der Waals surface area contributed by atoms with Crippen molar-refractivity contribution >= 4 is 24.3 Å². The summed E-state index contributed by atoms with van der Waals surface area (Å²) in [7, 11) is 0. The molecular formula is C10H15ClF3NO4. The molecule has 5 nitrogen and oxygen atoms in total. The van der Waals surface area contributed by atoms with Crippen molar-refractivity contribution in [3.8, 4) is 0 Å². The van der Waals surface area contributed by atoms with E-state index in [0.717, 1.165) is 4.90 Å². The number of aliphatic carboxylic acids is 2. The Balaban J connectivity index is 0.00000324. The molecule has 0 aromatic rings. The van der Waals surface area contributed by atoms with E-state index >= 15 is 0 Å². The van der Waals surface area contributed by atoms with E-state index in [4.69, 9.17) is 10.2 Å². The van der Waals surface area contributed by atoms with Gasteiger partial charge in [0.2, 0.25) is 0 Å². The quantitative estimate of drug-likeness (QED) is 0.822. The molecule has 1 fully saturated rings. The highest BCUT2D eigenvalue weighted by Gasteiger charge is 2.53. The summed E-state index contributed by atoms with van der Waals surface area (Å²) in [6.07, 6.45) is -4.50. The smallest absolute Gasteiger partial charge is 0.393 e. The Morgan fingerprint density at radius 2 is 1.84 bits per heavy atom. The molecule has 0 aromatic heterocycles. The molecule has 112 valence electrons. The minimum atomic E-state index is -4.63. The van der Waals surface area contributed by atoms with Gasteiger partial charge in [0.25, 0.3) is 0 Å². The van der Waals surface area contributed by atoms with Crippen molar-refractivity contribution in [3.63, 3.8) is 0 Å². The van der Waals surface area contributed by atoms with Gasteiger partial charge in [0.05, 0.1) is 11.8 Å². The largest absolute Gasteiger partial charge is 0.481 e. The van der Waals surface area contributed by atoms with Gasteiger partial charge in [0.1, 0.15) is 6.04 Å². The highest BCUT2D eigenvalue weighted by atomic mass is 35.5. The van der Waals surface area contributed by atoms with Gasteiger partial charge in [0.15, 0.2) is 0 Å². The van der Waals surface area contributed by atoms with Crippen LogP contribution in [-0.4, -0.2) is 52.4 Å². The van der Waals surface area contributed by atoms with Gasteiger partial charge in [-0.15, -0.1) is 12.4 Å². The van der Waals surface area contributed by atoms with E-state index in [-0.39, 0.29) is 25.4 Å². The fourth-order valence-electron chi connectivity index (χ4n) is 2.26. The van der Waals surface area contributed by atoms with Crippen molar-refractivity contribution in [1.29, 1.82) is 0 Å². The normalized spacial score (nSPS) is 25.7. The van der Waals surface area contributed by atoms with E-state index < -0.39 is 42.5 Å². The third-order valence-electron chi connectivity index (χ3n) is 3.20. The fraction of sp³-hybridized carbons (Fsp3) is 0.800. The lowest BCUT2D eigenvalue weighted by atomic mass is 9.96. The van der Waals surface area contributed by atoms with Crippen LogP contribution in [0.5, 0.6) is 0 Å². The fourth-order valence-corrected chi connectivity index (χ4v) is 2.26. The van der Waals surface area contributed by atoms with Crippen molar-refractivity contribution < 1.29 is 33.0 Å². The van der Waals surface area contributed by atoms with Crippen molar-refractivity contribution in [2.45, 2.75) is 25.6 Å². The molecule has 3 atom stereocenters. The molecule has 0 saturated carbocycles. The number of hydrogen-bond acceptors (Lipinski definition) is 3. The highest BCUT2D eigenvalue weighted by Crippen LogP contribution is 2.38. The van der Waals surface area contributed by atoms with Crippen molar-refractivity contribution in [3.05, 3.63) is 0 Å². The summed E-state index contributed by atoms with van der Waals surface area (Å²) >= 11 is 0. The first-order valence-electron chi connectivity index (χ1n) is 5.44. The predicted octanol–water partition coefficient (Wildman–Crippen LogP) is 1.47. The minimum Gasteiger partial charge on any atom is -0.481 e. The average Bonchev–Trinajstić information content (AvgIpc) is 2.62. The first kappa shape index (κ1) is 18.0. The Morgan fingerprint density at radius 3 is 2.11 bits per heavy atom. The molecule has 0 bridgehead atoms. The molecular weight excluding hydrogens is 291 g/mol. The molecule has 1 aliphatic rings. The number of carboxylic acids is 2. The van der Waals surface area contributed by atoms with Crippen LogP contribution in [0.3, 0.4) is 0 Å². The van der Waals surface area contributed by atoms with Crippen LogP contribution >= 0.6 is 12.4 Å². The molecule has 0 aliphatic carbocycles. The number of hydrogen-bond donors (Lipinski definition) is 2. The molecule has 0 aromatic carbocycles. The third-order valence-corrected chi connectivity index (χ3v) is 3.20. The monoisotopic (exact) mass is 305 g/mol. The number of nitrogens with zero attached hydrogens (tertiary/aromatic N) is 1. The maximum absolute atomic E-state index is 12.7. The number of carbonyl (C=O) groups is 2. The molecule has 0 spiro atoms.